The van der Waals surface area contributed by atoms with E-state index in [1.807, 2.05) is 0 Å². The Balaban J connectivity index is 2.55. The second kappa shape index (κ2) is 5.42. The molecule has 0 aliphatic heterocycles. The molecule has 0 aliphatic rings. The zero-order chi connectivity index (χ0) is 15.6. The highest BCUT2D eigenvalue weighted by atomic mass is 32.2. The van der Waals surface area contributed by atoms with Crippen LogP contribution in [-0.2, 0) is 10.0 Å². The highest BCUT2D eigenvalue weighted by molar-refractivity contribution is 7.92. The summed E-state index contributed by atoms with van der Waals surface area (Å²) in [5, 5.41) is 8.93. The van der Waals surface area contributed by atoms with Gasteiger partial charge in [0.25, 0.3) is 10.0 Å². The number of anilines is 2. The van der Waals surface area contributed by atoms with E-state index in [-0.39, 0.29) is 11.4 Å². The minimum absolute atomic E-state index is 0.214. The quantitative estimate of drug-likeness (QED) is 0.851. The first-order valence-corrected chi connectivity index (χ1v) is 7.41. The molecular formula is C14H12FN3O2S. The van der Waals surface area contributed by atoms with Crippen molar-refractivity contribution < 1.29 is 12.8 Å². The molecule has 108 valence electrons. The van der Waals surface area contributed by atoms with Crippen LogP contribution in [0.25, 0.3) is 0 Å². The Morgan fingerprint density at radius 3 is 2.52 bits per heavy atom. The summed E-state index contributed by atoms with van der Waals surface area (Å²) in [6, 6.07) is 9.89. The first-order chi connectivity index (χ1) is 9.86. The van der Waals surface area contributed by atoms with Crippen molar-refractivity contribution in [2.24, 2.45) is 0 Å². The smallest absolute Gasteiger partial charge is 0.263 e. The number of aryl methyl sites for hydroxylation is 1. The molecule has 0 bridgehead atoms. The van der Waals surface area contributed by atoms with Crippen molar-refractivity contribution in [1.82, 2.24) is 0 Å². The number of nitrogens with one attached hydrogen (secondary N) is 1. The summed E-state index contributed by atoms with van der Waals surface area (Å²) in [5.74, 6) is -0.891. The molecule has 0 heterocycles. The fraction of sp³-hybridized carbons (Fsp3) is 0.0714. The van der Waals surface area contributed by atoms with Gasteiger partial charge in [-0.15, -0.1) is 0 Å². The predicted octanol–water partition coefficient (Wildman–Crippen LogP) is 2.39. The van der Waals surface area contributed by atoms with Crippen LogP contribution in [0.5, 0.6) is 0 Å². The van der Waals surface area contributed by atoms with Crippen LogP contribution in [0.1, 0.15) is 11.1 Å². The number of rotatable bonds is 3. The maximum absolute atomic E-state index is 13.5. The number of nitrogens with zero attached hydrogens (tertiary/aromatic N) is 1. The summed E-state index contributed by atoms with van der Waals surface area (Å²) < 4.78 is 40.5. The molecule has 21 heavy (non-hydrogen) atoms. The van der Waals surface area contributed by atoms with E-state index in [1.165, 1.54) is 12.1 Å². The first kappa shape index (κ1) is 14.8. The largest absolute Gasteiger partial charge is 0.397 e. The van der Waals surface area contributed by atoms with E-state index in [0.29, 0.717) is 5.56 Å². The average Bonchev–Trinajstić information content (AvgIpc) is 2.43. The summed E-state index contributed by atoms with van der Waals surface area (Å²) in [5.41, 5.74) is 6.29. The van der Waals surface area contributed by atoms with Gasteiger partial charge in [-0.25, -0.2) is 12.8 Å². The number of hydrogen-bond donors (Lipinski definition) is 2. The first-order valence-electron chi connectivity index (χ1n) is 5.93. The van der Waals surface area contributed by atoms with Crippen LogP contribution in [0.15, 0.2) is 41.3 Å². The average molecular weight is 305 g/mol. The molecule has 0 radical (unpaired) electrons. The Kier molecular flexibility index (Phi) is 3.82. The Morgan fingerprint density at radius 1 is 1.24 bits per heavy atom. The molecule has 2 aromatic rings. The third-order valence-electron chi connectivity index (χ3n) is 2.92. The van der Waals surface area contributed by atoms with Crippen LogP contribution in [0.3, 0.4) is 0 Å². The van der Waals surface area contributed by atoms with Gasteiger partial charge in [-0.1, -0.05) is 18.2 Å². The van der Waals surface area contributed by atoms with E-state index >= 15 is 0 Å². The van der Waals surface area contributed by atoms with Crippen molar-refractivity contribution in [2.75, 3.05) is 10.5 Å². The molecule has 0 fully saturated rings. The molecule has 5 nitrogen and oxygen atoms in total. The Labute approximate surface area is 121 Å². The summed E-state index contributed by atoms with van der Waals surface area (Å²) >= 11 is 0. The van der Waals surface area contributed by atoms with Crippen molar-refractivity contribution in [2.45, 2.75) is 11.8 Å². The van der Waals surface area contributed by atoms with Gasteiger partial charge in [-0.2, -0.15) is 5.26 Å². The third-order valence-corrected chi connectivity index (χ3v) is 4.31. The number of halogens is 1. The van der Waals surface area contributed by atoms with E-state index in [4.69, 9.17) is 11.0 Å². The second-order valence-electron chi connectivity index (χ2n) is 4.37. The van der Waals surface area contributed by atoms with Crippen molar-refractivity contribution in [1.29, 1.82) is 5.26 Å². The summed E-state index contributed by atoms with van der Waals surface area (Å²) in [7, 11) is -4.12. The molecular weight excluding hydrogens is 293 g/mol. The number of para-hydroxylation sites is 1. The molecule has 7 heteroatoms. The van der Waals surface area contributed by atoms with E-state index < -0.39 is 26.3 Å². The van der Waals surface area contributed by atoms with Crippen molar-refractivity contribution in [3.8, 4) is 6.07 Å². The number of sulfonamides is 1. The maximum atomic E-state index is 13.5. The van der Waals surface area contributed by atoms with Crippen molar-refractivity contribution >= 4 is 21.4 Å². The van der Waals surface area contributed by atoms with Gasteiger partial charge in [0.15, 0.2) is 0 Å². The zero-order valence-electron chi connectivity index (χ0n) is 11.1. The summed E-state index contributed by atoms with van der Waals surface area (Å²) in [4.78, 5) is -0.423. The minimum Gasteiger partial charge on any atom is -0.397 e. The van der Waals surface area contributed by atoms with Gasteiger partial charge in [0.05, 0.1) is 11.4 Å². The molecule has 0 atom stereocenters. The van der Waals surface area contributed by atoms with Gasteiger partial charge in [-0.05, 0) is 30.7 Å². The molecule has 0 spiro atoms. The number of hydrogen-bond acceptors (Lipinski definition) is 4. The standard InChI is InChI=1S/C14H12FN3O2S/c1-9-4-2-6-12(17)14(9)18-21(19,20)13-7-3-5-11(15)10(13)8-16/h2-7,18H,17H2,1H3. The van der Waals surface area contributed by atoms with Crippen LogP contribution < -0.4 is 10.5 Å². The lowest BCUT2D eigenvalue weighted by atomic mass is 10.2. The summed E-state index contributed by atoms with van der Waals surface area (Å²) in [6.07, 6.45) is 0. The van der Waals surface area contributed by atoms with Gasteiger partial charge in [-0.3, -0.25) is 4.72 Å². The highest BCUT2D eigenvalue weighted by Crippen LogP contribution is 2.27. The molecule has 0 aliphatic carbocycles. The van der Waals surface area contributed by atoms with Crippen molar-refractivity contribution in [3.05, 3.63) is 53.3 Å². The second-order valence-corrected chi connectivity index (χ2v) is 6.02. The van der Waals surface area contributed by atoms with E-state index in [2.05, 4.69) is 4.72 Å². The van der Waals surface area contributed by atoms with E-state index in [0.717, 1.165) is 6.07 Å². The zero-order valence-corrected chi connectivity index (χ0v) is 11.9. The molecule has 0 aromatic heterocycles. The van der Waals surface area contributed by atoms with Crippen LogP contribution in [0.4, 0.5) is 15.8 Å². The van der Waals surface area contributed by atoms with Gasteiger partial charge in [0.1, 0.15) is 22.3 Å². The molecule has 2 rings (SSSR count). The monoisotopic (exact) mass is 305 g/mol. The predicted molar refractivity (Wildman–Crippen MR) is 77.5 cm³/mol. The topological polar surface area (TPSA) is 96.0 Å². The Hall–Kier alpha value is -2.59. The molecule has 0 saturated carbocycles. The molecule has 3 N–H and O–H groups in total. The number of nitrogens with two attached hydrogens (primary N) is 1. The highest BCUT2D eigenvalue weighted by Gasteiger charge is 2.22. The lowest BCUT2D eigenvalue weighted by Crippen LogP contribution is -2.16. The normalized spacial score (nSPS) is 10.9. The van der Waals surface area contributed by atoms with Crippen LogP contribution in [-0.4, -0.2) is 8.42 Å². The van der Waals surface area contributed by atoms with E-state index in [9.17, 15) is 12.8 Å². The van der Waals surface area contributed by atoms with Crippen LogP contribution >= 0.6 is 0 Å². The molecule has 0 unspecified atom stereocenters. The fourth-order valence-electron chi connectivity index (χ4n) is 1.86. The van der Waals surface area contributed by atoms with Crippen LogP contribution in [0.2, 0.25) is 0 Å². The molecule has 0 amide bonds. The Bertz CT molecular complexity index is 822. The maximum Gasteiger partial charge on any atom is 0.263 e. The molecule has 0 saturated heterocycles. The fourth-order valence-corrected chi connectivity index (χ4v) is 3.18. The van der Waals surface area contributed by atoms with E-state index in [1.54, 1.807) is 31.2 Å². The number of nitrogen functional groups attached to an aromatic ring is 1. The van der Waals surface area contributed by atoms with Crippen molar-refractivity contribution in [3.63, 3.8) is 0 Å². The van der Waals surface area contributed by atoms with Crippen LogP contribution in [0, 0.1) is 24.1 Å². The Morgan fingerprint density at radius 2 is 1.90 bits per heavy atom. The number of benzene rings is 2. The number of nitriles is 1. The van der Waals surface area contributed by atoms with Gasteiger partial charge in [0, 0.05) is 0 Å². The van der Waals surface area contributed by atoms with Gasteiger partial charge in [0.2, 0.25) is 0 Å². The van der Waals surface area contributed by atoms with Gasteiger partial charge >= 0.3 is 0 Å². The lowest BCUT2D eigenvalue weighted by molar-refractivity contribution is 0.593. The molecule has 2 aromatic carbocycles. The third kappa shape index (κ3) is 2.80. The SMILES string of the molecule is Cc1cccc(N)c1NS(=O)(=O)c1cccc(F)c1C#N. The minimum atomic E-state index is -4.12. The lowest BCUT2D eigenvalue weighted by Gasteiger charge is -2.13. The summed E-state index contributed by atoms with van der Waals surface area (Å²) in [6.45, 7) is 1.69. The van der Waals surface area contributed by atoms with Gasteiger partial charge < -0.3 is 5.73 Å².